The van der Waals surface area contributed by atoms with Crippen molar-refractivity contribution in [3.63, 3.8) is 0 Å². The predicted octanol–water partition coefficient (Wildman–Crippen LogP) is 1.24. The standard InChI is InChI=1S/C15H23NO3/c1-11(12-5-3-2-4-6-12)19-10-15(18)9-16-13-7-14(17)8-13/h2-6,11,13-18H,7-10H2,1H3. The van der Waals surface area contributed by atoms with E-state index in [4.69, 9.17) is 9.84 Å². The van der Waals surface area contributed by atoms with Gasteiger partial charge in [0, 0.05) is 12.6 Å². The van der Waals surface area contributed by atoms with Gasteiger partial charge in [0.2, 0.25) is 0 Å². The van der Waals surface area contributed by atoms with Crippen LogP contribution in [0.15, 0.2) is 30.3 Å². The second-order valence-electron chi connectivity index (χ2n) is 5.27. The summed E-state index contributed by atoms with van der Waals surface area (Å²) in [7, 11) is 0. The molecule has 0 saturated heterocycles. The van der Waals surface area contributed by atoms with Gasteiger partial charge in [0.1, 0.15) is 0 Å². The van der Waals surface area contributed by atoms with Crippen LogP contribution in [0.4, 0.5) is 0 Å². The molecule has 106 valence electrons. The lowest BCUT2D eigenvalue weighted by atomic mass is 9.89. The Balaban J connectivity index is 1.62. The molecular formula is C15H23NO3. The van der Waals surface area contributed by atoms with E-state index >= 15 is 0 Å². The average molecular weight is 265 g/mol. The number of aliphatic hydroxyl groups excluding tert-OH is 2. The van der Waals surface area contributed by atoms with Gasteiger partial charge in [-0.3, -0.25) is 0 Å². The Bertz CT molecular complexity index is 365. The molecule has 2 unspecified atom stereocenters. The van der Waals surface area contributed by atoms with Crippen LogP contribution < -0.4 is 5.32 Å². The minimum atomic E-state index is -0.510. The Morgan fingerprint density at radius 1 is 1.32 bits per heavy atom. The molecule has 2 rings (SSSR count). The Morgan fingerprint density at radius 2 is 2.00 bits per heavy atom. The first-order valence-electron chi connectivity index (χ1n) is 6.91. The molecule has 0 heterocycles. The zero-order valence-corrected chi connectivity index (χ0v) is 11.3. The third kappa shape index (κ3) is 4.58. The van der Waals surface area contributed by atoms with Gasteiger partial charge in [0.05, 0.1) is 24.9 Å². The van der Waals surface area contributed by atoms with Crippen LogP contribution in [0.5, 0.6) is 0 Å². The predicted molar refractivity (Wildman–Crippen MR) is 73.8 cm³/mol. The Hall–Kier alpha value is -0.940. The zero-order chi connectivity index (χ0) is 13.7. The summed E-state index contributed by atoms with van der Waals surface area (Å²) in [4.78, 5) is 0. The number of hydrogen-bond acceptors (Lipinski definition) is 4. The molecule has 4 nitrogen and oxygen atoms in total. The van der Waals surface area contributed by atoms with E-state index in [2.05, 4.69) is 5.32 Å². The van der Waals surface area contributed by atoms with Gasteiger partial charge in [-0.05, 0) is 25.3 Å². The average Bonchev–Trinajstić information content (AvgIpc) is 2.40. The van der Waals surface area contributed by atoms with E-state index in [1.807, 2.05) is 37.3 Å². The maximum Gasteiger partial charge on any atom is 0.0898 e. The maximum absolute atomic E-state index is 9.83. The van der Waals surface area contributed by atoms with Gasteiger partial charge >= 0.3 is 0 Å². The van der Waals surface area contributed by atoms with Crippen molar-refractivity contribution in [1.82, 2.24) is 5.32 Å². The summed E-state index contributed by atoms with van der Waals surface area (Å²) >= 11 is 0. The van der Waals surface area contributed by atoms with Gasteiger partial charge in [0.25, 0.3) is 0 Å². The van der Waals surface area contributed by atoms with Gasteiger partial charge in [-0.1, -0.05) is 30.3 Å². The lowest BCUT2D eigenvalue weighted by Crippen LogP contribution is -2.47. The number of hydrogen-bond donors (Lipinski definition) is 3. The smallest absolute Gasteiger partial charge is 0.0898 e. The summed E-state index contributed by atoms with van der Waals surface area (Å²) in [6, 6.07) is 10.3. The van der Waals surface area contributed by atoms with Crippen molar-refractivity contribution in [2.75, 3.05) is 13.2 Å². The van der Waals surface area contributed by atoms with E-state index in [9.17, 15) is 5.11 Å². The molecule has 0 bridgehead atoms. The van der Waals surface area contributed by atoms with Crippen LogP contribution in [0.2, 0.25) is 0 Å². The second-order valence-corrected chi connectivity index (χ2v) is 5.27. The minimum Gasteiger partial charge on any atom is -0.393 e. The van der Waals surface area contributed by atoms with Crippen molar-refractivity contribution in [2.24, 2.45) is 0 Å². The summed E-state index contributed by atoms with van der Waals surface area (Å²) in [5.41, 5.74) is 1.12. The van der Waals surface area contributed by atoms with E-state index in [1.54, 1.807) is 0 Å². The topological polar surface area (TPSA) is 61.7 Å². The van der Waals surface area contributed by atoms with Gasteiger partial charge in [-0.2, -0.15) is 0 Å². The summed E-state index contributed by atoms with van der Waals surface area (Å²) < 4.78 is 5.66. The van der Waals surface area contributed by atoms with Crippen LogP contribution in [-0.2, 0) is 4.74 Å². The molecule has 0 spiro atoms. The Morgan fingerprint density at radius 3 is 2.63 bits per heavy atom. The molecule has 1 saturated carbocycles. The van der Waals surface area contributed by atoms with Crippen LogP contribution >= 0.6 is 0 Å². The molecule has 1 aliphatic carbocycles. The molecule has 0 aliphatic heterocycles. The number of benzene rings is 1. The lowest BCUT2D eigenvalue weighted by molar-refractivity contribution is -0.00769. The molecule has 19 heavy (non-hydrogen) atoms. The largest absolute Gasteiger partial charge is 0.393 e. The lowest BCUT2D eigenvalue weighted by Gasteiger charge is -2.32. The number of nitrogens with one attached hydrogen (secondary N) is 1. The van der Waals surface area contributed by atoms with Crippen LogP contribution in [0, 0.1) is 0 Å². The van der Waals surface area contributed by atoms with Crippen LogP contribution in [0.1, 0.15) is 31.4 Å². The van der Waals surface area contributed by atoms with Crippen LogP contribution in [-0.4, -0.2) is 41.6 Å². The summed E-state index contributed by atoms with van der Waals surface area (Å²) in [6.45, 7) is 2.81. The van der Waals surface area contributed by atoms with Crippen molar-refractivity contribution in [3.8, 4) is 0 Å². The highest BCUT2D eigenvalue weighted by atomic mass is 16.5. The van der Waals surface area contributed by atoms with Crippen molar-refractivity contribution < 1.29 is 14.9 Å². The van der Waals surface area contributed by atoms with Gasteiger partial charge in [0.15, 0.2) is 0 Å². The van der Waals surface area contributed by atoms with Gasteiger partial charge < -0.3 is 20.3 Å². The molecule has 4 heteroatoms. The fourth-order valence-corrected chi connectivity index (χ4v) is 2.19. The number of rotatable bonds is 7. The van der Waals surface area contributed by atoms with Crippen molar-refractivity contribution >= 4 is 0 Å². The molecule has 0 radical (unpaired) electrons. The van der Waals surface area contributed by atoms with Gasteiger partial charge in [-0.15, -0.1) is 0 Å². The molecule has 1 aromatic rings. The molecule has 0 aromatic heterocycles. The third-order valence-electron chi connectivity index (χ3n) is 3.56. The summed E-state index contributed by atoms with van der Waals surface area (Å²) in [5, 5.41) is 22.2. The molecule has 1 aromatic carbocycles. The first-order valence-corrected chi connectivity index (χ1v) is 6.91. The summed E-state index contributed by atoms with van der Waals surface area (Å²) in [6.07, 6.45) is 0.886. The first kappa shape index (κ1) is 14.5. The molecule has 1 fully saturated rings. The highest BCUT2D eigenvalue weighted by Crippen LogP contribution is 2.19. The summed E-state index contributed by atoms with van der Waals surface area (Å²) in [5.74, 6) is 0. The quantitative estimate of drug-likeness (QED) is 0.694. The maximum atomic E-state index is 9.83. The van der Waals surface area contributed by atoms with E-state index in [1.165, 1.54) is 0 Å². The van der Waals surface area contributed by atoms with E-state index in [-0.39, 0.29) is 12.2 Å². The molecular weight excluding hydrogens is 242 g/mol. The minimum absolute atomic E-state index is 0.0126. The van der Waals surface area contributed by atoms with Crippen molar-refractivity contribution in [2.45, 2.75) is 44.1 Å². The third-order valence-corrected chi connectivity index (χ3v) is 3.56. The van der Waals surface area contributed by atoms with Crippen molar-refractivity contribution in [1.29, 1.82) is 0 Å². The Kier molecular flexibility index (Phi) is 5.34. The highest BCUT2D eigenvalue weighted by molar-refractivity contribution is 5.16. The van der Waals surface area contributed by atoms with E-state index < -0.39 is 6.10 Å². The first-order chi connectivity index (χ1) is 9.15. The molecule has 1 aliphatic rings. The highest BCUT2D eigenvalue weighted by Gasteiger charge is 2.26. The normalized spacial score (nSPS) is 25.6. The number of ether oxygens (including phenoxy) is 1. The zero-order valence-electron chi connectivity index (χ0n) is 11.3. The van der Waals surface area contributed by atoms with E-state index in [0.29, 0.717) is 19.2 Å². The molecule has 2 atom stereocenters. The fraction of sp³-hybridized carbons (Fsp3) is 0.600. The van der Waals surface area contributed by atoms with Crippen molar-refractivity contribution in [3.05, 3.63) is 35.9 Å². The Labute approximate surface area is 114 Å². The number of aliphatic hydroxyl groups is 2. The van der Waals surface area contributed by atoms with Crippen LogP contribution in [0.25, 0.3) is 0 Å². The monoisotopic (exact) mass is 265 g/mol. The van der Waals surface area contributed by atoms with Gasteiger partial charge in [-0.25, -0.2) is 0 Å². The molecule has 0 amide bonds. The molecule has 3 N–H and O–H groups in total. The second kappa shape index (κ2) is 7.01. The SMILES string of the molecule is CC(OCC(O)CNC1CC(O)C1)c1ccccc1. The van der Waals surface area contributed by atoms with E-state index in [0.717, 1.165) is 18.4 Å². The van der Waals surface area contributed by atoms with Crippen LogP contribution in [0.3, 0.4) is 0 Å². The fourth-order valence-electron chi connectivity index (χ4n) is 2.19.